The Labute approximate surface area is 129 Å². The fourth-order valence-corrected chi connectivity index (χ4v) is 3.01. The number of rotatable bonds is 2. The maximum atomic E-state index is 11.8. The van der Waals surface area contributed by atoms with Crippen LogP contribution in [0.4, 0.5) is 5.69 Å². The van der Waals surface area contributed by atoms with Crippen molar-refractivity contribution in [2.24, 2.45) is 5.73 Å². The van der Waals surface area contributed by atoms with E-state index in [4.69, 9.17) is 17.3 Å². The third kappa shape index (κ3) is 2.33. The molecular formula is C17H17ClN2O. The molecule has 1 aliphatic rings. The van der Waals surface area contributed by atoms with Crippen molar-refractivity contribution >= 4 is 23.2 Å². The van der Waals surface area contributed by atoms with Crippen LogP contribution in [0.3, 0.4) is 0 Å². The molecule has 2 aromatic carbocycles. The zero-order valence-electron chi connectivity index (χ0n) is 12.1. The van der Waals surface area contributed by atoms with Gasteiger partial charge in [0, 0.05) is 17.8 Å². The van der Waals surface area contributed by atoms with Crippen LogP contribution in [-0.2, 0) is 11.2 Å². The molecule has 0 radical (unpaired) electrons. The molecule has 0 fully saturated rings. The van der Waals surface area contributed by atoms with Gasteiger partial charge in [0.15, 0.2) is 0 Å². The third-order valence-corrected chi connectivity index (χ3v) is 4.59. The monoisotopic (exact) mass is 300 g/mol. The molecule has 0 saturated carbocycles. The first-order valence-corrected chi connectivity index (χ1v) is 7.27. The highest BCUT2D eigenvalue weighted by Crippen LogP contribution is 2.33. The van der Waals surface area contributed by atoms with Gasteiger partial charge >= 0.3 is 0 Å². The van der Waals surface area contributed by atoms with Gasteiger partial charge < -0.3 is 10.6 Å². The number of halogens is 1. The number of carbonyl (C=O) groups excluding carboxylic acids is 1. The van der Waals surface area contributed by atoms with E-state index in [-0.39, 0.29) is 11.9 Å². The number of hydrogen-bond donors (Lipinski definition) is 1. The summed E-state index contributed by atoms with van der Waals surface area (Å²) >= 11 is 6.17. The predicted octanol–water partition coefficient (Wildman–Crippen LogP) is 3.22. The van der Waals surface area contributed by atoms with Gasteiger partial charge in [-0.1, -0.05) is 35.9 Å². The molecule has 0 spiro atoms. The fraction of sp³-hybridized carbons (Fsp3) is 0.235. The third-order valence-electron chi connectivity index (χ3n) is 4.18. The molecule has 1 atom stereocenters. The molecular weight excluding hydrogens is 284 g/mol. The van der Waals surface area contributed by atoms with E-state index in [9.17, 15) is 4.79 Å². The lowest BCUT2D eigenvalue weighted by Gasteiger charge is -2.17. The number of hydrogen-bond acceptors (Lipinski definition) is 2. The van der Waals surface area contributed by atoms with Gasteiger partial charge in [0.2, 0.25) is 5.91 Å². The van der Waals surface area contributed by atoms with E-state index in [0.29, 0.717) is 6.42 Å². The quantitative estimate of drug-likeness (QED) is 0.925. The molecule has 1 unspecified atom stereocenters. The topological polar surface area (TPSA) is 46.3 Å². The number of carbonyl (C=O) groups is 1. The first-order chi connectivity index (χ1) is 9.99. The molecule has 2 N–H and O–H groups in total. The van der Waals surface area contributed by atoms with Crippen LogP contribution >= 0.6 is 11.6 Å². The number of fused-ring (bicyclic) bond motifs is 1. The molecule has 1 heterocycles. The zero-order valence-corrected chi connectivity index (χ0v) is 12.8. The van der Waals surface area contributed by atoms with Crippen molar-refractivity contribution in [3.05, 3.63) is 63.7 Å². The van der Waals surface area contributed by atoms with Gasteiger partial charge in [0.1, 0.15) is 0 Å². The molecule has 4 heteroatoms. The SMILES string of the molecule is Cc1c(Cl)cccc1C(N)c1ccc2c(c1)CC(=O)N2C. The number of nitrogens with zero attached hydrogens (tertiary/aromatic N) is 1. The van der Waals surface area contributed by atoms with Crippen molar-refractivity contribution in [3.63, 3.8) is 0 Å². The largest absolute Gasteiger partial charge is 0.320 e. The lowest BCUT2D eigenvalue weighted by molar-refractivity contribution is -0.117. The molecule has 21 heavy (non-hydrogen) atoms. The second-order valence-electron chi connectivity index (χ2n) is 5.45. The Hall–Kier alpha value is -1.84. The Morgan fingerprint density at radius 3 is 2.81 bits per heavy atom. The lowest BCUT2D eigenvalue weighted by Crippen LogP contribution is -2.20. The minimum Gasteiger partial charge on any atom is -0.320 e. The highest BCUT2D eigenvalue weighted by atomic mass is 35.5. The van der Waals surface area contributed by atoms with E-state index < -0.39 is 0 Å². The van der Waals surface area contributed by atoms with Gasteiger partial charge in [0.05, 0.1) is 12.5 Å². The summed E-state index contributed by atoms with van der Waals surface area (Å²) in [6, 6.07) is 11.5. The van der Waals surface area contributed by atoms with Crippen molar-refractivity contribution in [3.8, 4) is 0 Å². The molecule has 3 nitrogen and oxygen atoms in total. The van der Waals surface area contributed by atoms with E-state index in [1.807, 2.05) is 43.3 Å². The molecule has 0 bridgehead atoms. The summed E-state index contributed by atoms with van der Waals surface area (Å²) in [5.74, 6) is 0.120. The van der Waals surface area contributed by atoms with Crippen LogP contribution in [0.25, 0.3) is 0 Å². The first-order valence-electron chi connectivity index (χ1n) is 6.89. The maximum absolute atomic E-state index is 11.8. The molecule has 108 valence electrons. The van der Waals surface area contributed by atoms with Crippen LogP contribution in [0.5, 0.6) is 0 Å². The Kier molecular flexibility index (Phi) is 3.47. The van der Waals surface area contributed by atoms with Crippen LogP contribution in [0.2, 0.25) is 5.02 Å². The van der Waals surface area contributed by atoms with Crippen molar-refractivity contribution < 1.29 is 4.79 Å². The number of nitrogens with two attached hydrogens (primary N) is 1. The van der Waals surface area contributed by atoms with Crippen molar-refractivity contribution in [2.75, 3.05) is 11.9 Å². The second kappa shape index (κ2) is 5.17. The summed E-state index contributed by atoms with van der Waals surface area (Å²) in [6.45, 7) is 1.97. The Morgan fingerprint density at radius 2 is 2.05 bits per heavy atom. The summed E-state index contributed by atoms with van der Waals surface area (Å²) in [7, 11) is 1.80. The highest BCUT2D eigenvalue weighted by molar-refractivity contribution is 6.31. The molecule has 2 aromatic rings. The summed E-state index contributed by atoms with van der Waals surface area (Å²) in [4.78, 5) is 13.4. The van der Waals surface area contributed by atoms with Gasteiger partial charge in [0.25, 0.3) is 0 Å². The van der Waals surface area contributed by atoms with E-state index in [1.165, 1.54) is 0 Å². The van der Waals surface area contributed by atoms with Gasteiger partial charge in [-0.2, -0.15) is 0 Å². The lowest BCUT2D eigenvalue weighted by atomic mass is 9.94. The smallest absolute Gasteiger partial charge is 0.231 e. The Balaban J connectivity index is 2.00. The molecule has 1 aliphatic heterocycles. The molecule has 0 aromatic heterocycles. The summed E-state index contributed by atoms with van der Waals surface area (Å²) in [5, 5.41) is 0.721. The van der Waals surface area contributed by atoms with Crippen LogP contribution in [0.1, 0.15) is 28.3 Å². The number of likely N-dealkylation sites (N-methyl/N-ethyl adjacent to an activating group) is 1. The average Bonchev–Trinajstić information content (AvgIpc) is 2.76. The van der Waals surface area contributed by atoms with E-state index in [0.717, 1.165) is 33.0 Å². The van der Waals surface area contributed by atoms with Gasteiger partial charge in [-0.15, -0.1) is 0 Å². The Bertz CT molecular complexity index is 727. The Morgan fingerprint density at radius 1 is 1.29 bits per heavy atom. The standard InChI is InChI=1S/C17H17ClN2O/c1-10-13(4-3-5-14(10)18)17(19)11-6-7-15-12(8-11)9-16(21)20(15)2/h3-8,17H,9,19H2,1-2H3. The van der Waals surface area contributed by atoms with E-state index in [1.54, 1.807) is 11.9 Å². The van der Waals surface area contributed by atoms with E-state index in [2.05, 4.69) is 0 Å². The fourth-order valence-electron chi connectivity index (χ4n) is 2.82. The summed E-state index contributed by atoms with van der Waals surface area (Å²) in [6.07, 6.45) is 0.445. The summed E-state index contributed by atoms with van der Waals surface area (Å²) in [5.41, 5.74) is 11.4. The van der Waals surface area contributed by atoms with Crippen molar-refractivity contribution in [1.29, 1.82) is 0 Å². The van der Waals surface area contributed by atoms with Crippen molar-refractivity contribution in [2.45, 2.75) is 19.4 Å². The van der Waals surface area contributed by atoms with Gasteiger partial charge in [-0.3, -0.25) is 4.79 Å². The minimum absolute atomic E-state index is 0.120. The molecule has 1 amide bonds. The molecule has 0 aliphatic carbocycles. The maximum Gasteiger partial charge on any atom is 0.231 e. The van der Waals surface area contributed by atoms with Gasteiger partial charge in [-0.25, -0.2) is 0 Å². The van der Waals surface area contributed by atoms with E-state index >= 15 is 0 Å². The molecule has 3 rings (SSSR count). The molecule has 0 saturated heterocycles. The summed E-state index contributed by atoms with van der Waals surface area (Å²) < 4.78 is 0. The van der Waals surface area contributed by atoms with Crippen molar-refractivity contribution in [1.82, 2.24) is 0 Å². The predicted molar refractivity (Wildman–Crippen MR) is 85.8 cm³/mol. The first kappa shape index (κ1) is 14.1. The highest BCUT2D eigenvalue weighted by Gasteiger charge is 2.25. The minimum atomic E-state index is -0.241. The second-order valence-corrected chi connectivity index (χ2v) is 5.86. The number of amides is 1. The van der Waals surface area contributed by atoms with Crippen LogP contribution in [0, 0.1) is 6.92 Å². The van der Waals surface area contributed by atoms with Gasteiger partial charge in [-0.05, 0) is 41.3 Å². The van der Waals surface area contributed by atoms with Crippen LogP contribution < -0.4 is 10.6 Å². The van der Waals surface area contributed by atoms with Crippen LogP contribution in [0.15, 0.2) is 36.4 Å². The number of anilines is 1. The normalized spacial score (nSPS) is 15.2. The average molecular weight is 301 g/mol. The number of benzene rings is 2. The zero-order chi connectivity index (χ0) is 15.1. The van der Waals surface area contributed by atoms with Crippen LogP contribution in [-0.4, -0.2) is 13.0 Å².